The van der Waals surface area contributed by atoms with Crippen LogP contribution < -0.4 is 5.32 Å². The minimum absolute atomic E-state index is 0.167. The Labute approximate surface area is 168 Å². The topological polar surface area (TPSA) is 98.4 Å². The summed E-state index contributed by atoms with van der Waals surface area (Å²) in [6.45, 7) is 3.03. The molecule has 1 saturated heterocycles. The standard InChI is InChI=1S/C21H24N4O4/c1-13(26)24-20-8-15-16(9-22-18(15)10-23-20)17-6-14(11-27-2)7-19(25-17)21(28-3)4-5-29-12-21/h6-10,22H,4-5,11-12H2,1-3H3,(H,23,24,26). The van der Waals surface area contributed by atoms with Crippen LogP contribution in [0.4, 0.5) is 5.82 Å². The number of pyridine rings is 2. The molecule has 1 amide bonds. The second-order valence-electron chi connectivity index (χ2n) is 7.18. The maximum absolute atomic E-state index is 11.4. The Bertz CT molecular complexity index is 1040. The Hall–Kier alpha value is -2.81. The van der Waals surface area contributed by atoms with Gasteiger partial charge in [-0.15, -0.1) is 0 Å². The van der Waals surface area contributed by atoms with Crippen LogP contribution in [-0.4, -0.2) is 48.3 Å². The molecule has 0 bridgehead atoms. The zero-order valence-corrected chi connectivity index (χ0v) is 16.7. The second kappa shape index (κ2) is 7.90. The van der Waals surface area contributed by atoms with Crippen LogP contribution in [0.1, 0.15) is 24.6 Å². The molecule has 0 spiro atoms. The van der Waals surface area contributed by atoms with Gasteiger partial charge in [-0.25, -0.2) is 9.97 Å². The zero-order chi connectivity index (χ0) is 20.4. The van der Waals surface area contributed by atoms with Gasteiger partial charge in [0.2, 0.25) is 5.91 Å². The lowest BCUT2D eigenvalue weighted by atomic mass is 9.95. The number of rotatable bonds is 6. The van der Waals surface area contributed by atoms with E-state index in [0.29, 0.717) is 25.6 Å². The van der Waals surface area contributed by atoms with E-state index in [9.17, 15) is 4.79 Å². The predicted octanol–water partition coefficient (Wildman–Crippen LogP) is 2.99. The molecule has 0 aliphatic carbocycles. The first-order chi connectivity index (χ1) is 14.0. The zero-order valence-electron chi connectivity index (χ0n) is 16.7. The fraction of sp³-hybridized carbons (Fsp3) is 0.381. The predicted molar refractivity (Wildman–Crippen MR) is 108 cm³/mol. The van der Waals surface area contributed by atoms with Gasteiger partial charge in [-0.1, -0.05) is 0 Å². The van der Waals surface area contributed by atoms with Crippen LogP contribution in [0.5, 0.6) is 0 Å². The van der Waals surface area contributed by atoms with Crippen LogP contribution in [-0.2, 0) is 31.2 Å². The third-order valence-corrected chi connectivity index (χ3v) is 5.19. The fourth-order valence-electron chi connectivity index (χ4n) is 3.70. The van der Waals surface area contributed by atoms with Gasteiger partial charge in [-0.05, 0) is 23.8 Å². The summed E-state index contributed by atoms with van der Waals surface area (Å²) >= 11 is 0. The maximum Gasteiger partial charge on any atom is 0.222 e. The van der Waals surface area contributed by atoms with Gasteiger partial charge in [0.25, 0.3) is 0 Å². The highest BCUT2D eigenvalue weighted by Gasteiger charge is 2.38. The number of H-pyrrole nitrogens is 1. The third-order valence-electron chi connectivity index (χ3n) is 5.19. The summed E-state index contributed by atoms with van der Waals surface area (Å²) in [7, 11) is 3.36. The van der Waals surface area contributed by atoms with E-state index in [4.69, 9.17) is 19.2 Å². The molecule has 8 nitrogen and oxygen atoms in total. The highest BCUT2D eigenvalue weighted by atomic mass is 16.5. The van der Waals surface area contributed by atoms with Crippen molar-refractivity contribution >= 4 is 22.6 Å². The highest BCUT2D eigenvalue weighted by Crippen LogP contribution is 2.36. The molecule has 0 aromatic carbocycles. The van der Waals surface area contributed by atoms with Crippen molar-refractivity contribution in [2.75, 3.05) is 32.8 Å². The van der Waals surface area contributed by atoms with Gasteiger partial charge in [0.15, 0.2) is 0 Å². The molecule has 3 aromatic heterocycles. The first-order valence-electron chi connectivity index (χ1n) is 9.43. The van der Waals surface area contributed by atoms with Crippen molar-refractivity contribution in [2.24, 2.45) is 0 Å². The van der Waals surface area contributed by atoms with Gasteiger partial charge in [0.05, 0.1) is 36.3 Å². The van der Waals surface area contributed by atoms with Crippen molar-refractivity contribution in [3.63, 3.8) is 0 Å². The molecule has 1 aliphatic heterocycles. The molecule has 4 heterocycles. The molecule has 4 rings (SSSR count). The van der Waals surface area contributed by atoms with E-state index < -0.39 is 5.60 Å². The number of anilines is 1. The lowest BCUT2D eigenvalue weighted by Crippen LogP contribution is -2.30. The van der Waals surface area contributed by atoms with Gasteiger partial charge in [-0.3, -0.25) is 4.79 Å². The largest absolute Gasteiger partial charge is 0.380 e. The van der Waals surface area contributed by atoms with Gasteiger partial charge in [0, 0.05) is 51.3 Å². The van der Waals surface area contributed by atoms with Gasteiger partial charge in [0.1, 0.15) is 11.4 Å². The molecule has 152 valence electrons. The number of ether oxygens (including phenoxy) is 3. The summed E-state index contributed by atoms with van der Waals surface area (Å²) in [6, 6.07) is 5.87. The maximum atomic E-state index is 11.4. The van der Waals surface area contributed by atoms with Crippen molar-refractivity contribution in [3.05, 3.63) is 41.9 Å². The first kappa shape index (κ1) is 19.5. The number of hydrogen-bond donors (Lipinski definition) is 2. The van der Waals surface area contributed by atoms with Crippen LogP contribution in [0.3, 0.4) is 0 Å². The number of nitrogens with one attached hydrogen (secondary N) is 2. The van der Waals surface area contributed by atoms with Gasteiger partial charge in [-0.2, -0.15) is 0 Å². The second-order valence-corrected chi connectivity index (χ2v) is 7.18. The van der Waals surface area contributed by atoms with E-state index in [1.807, 2.05) is 24.4 Å². The minimum Gasteiger partial charge on any atom is -0.380 e. The lowest BCUT2D eigenvalue weighted by Gasteiger charge is -2.26. The Morgan fingerprint density at radius 1 is 1.34 bits per heavy atom. The molecular weight excluding hydrogens is 372 g/mol. The highest BCUT2D eigenvalue weighted by molar-refractivity contribution is 5.97. The monoisotopic (exact) mass is 396 g/mol. The lowest BCUT2D eigenvalue weighted by molar-refractivity contribution is -0.114. The van der Waals surface area contributed by atoms with Crippen molar-refractivity contribution in [1.29, 1.82) is 0 Å². The summed E-state index contributed by atoms with van der Waals surface area (Å²) in [5.41, 5.74) is 3.84. The number of aromatic nitrogens is 3. The molecule has 29 heavy (non-hydrogen) atoms. The van der Waals surface area contributed by atoms with Crippen molar-refractivity contribution in [3.8, 4) is 11.3 Å². The summed E-state index contributed by atoms with van der Waals surface area (Å²) in [4.78, 5) is 23.8. The molecule has 2 N–H and O–H groups in total. The average molecular weight is 396 g/mol. The Morgan fingerprint density at radius 2 is 2.21 bits per heavy atom. The third kappa shape index (κ3) is 3.74. The first-order valence-corrected chi connectivity index (χ1v) is 9.43. The van der Waals surface area contributed by atoms with Crippen LogP contribution in [0.25, 0.3) is 22.2 Å². The van der Waals surface area contributed by atoms with Crippen molar-refractivity contribution < 1.29 is 19.0 Å². The molecule has 3 aromatic rings. The molecule has 1 aliphatic rings. The van der Waals surface area contributed by atoms with Crippen LogP contribution in [0.2, 0.25) is 0 Å². The Balaban J connectivity index is 1.84. The SMILES string of the molecule is COCc1cc(-c2c[nH]c3cnc(NC(C)=O)cc23)nc(C2(OC)CCOC2)c1. The summed E-state index contributed by atoms with van der Waals surface area (Å²) in [5, 5.41) is 3.65. The molecule has 1 atom stereocenters. The van der Waals surface area contributed by atoms with E-state index in [-0.39, 0.29) is 5.91 Å². The van der Waals surface area contributed by atoms with Gasteiger partial charge >= 0.3 is 0 Å². The number of amides is 1. The van der Waals surface area contributed by atoms with Crippen LogP contribution in [0, 0.1) is 0 Å². The number of nitrogens with zero attached hydrogens (tertiary/aromatic N) is 2. The Kier molecular flexibility index (Phi) is 5.31. The van der Waals surface area contributed by atoms with E-state index >= 15 is 0 Å². The number of carbonyl (C=O) groups is 1. The minimum atomic E-state index is -0.562. The molecule has 1 unspecified atom stereocenters. The normalized spacial score (nSPS) is 19.0. The number of fused-ring (bicyclic) bond motifs is 1. The number of carbonyl (C=O) groups excluding carboxylic acids is 1. The van der Waals surface area contributed by atoms with E-state index in [1.54, 1.807) is 20.4 Å². The van der Waals surface area contributed by atoms with E-state index in [0.717, 1.165) is 39.8 Å². The molecular formula is C21H24N4O4. The van der Waals surface area contributed by atoms with Crippen molar-refractivity contribution in [1.82, 2.24) is 15.0 Å². The van der Waals surface area contributed by atoms with E-state index in [1.165, 1.54) is 6.92 Å². The summed E-state index contributed by atoms with van der Waals surface area (Å²) in [5.74, 6) is 0.330. The van der Waals surface area contributed by atoms with E-state index in [2.05, 4.69) is 15.3 Å². The number of aromatic amines is 1. The molecule has 1 fully saturated rings. The van der Waals surface area contributed by atoms with Gasteiger partial charge < -0.3 is 24.5 Å². The van der Waals surface area contributed by atoms with Crippen molar-refractivity contribution in [2.45, 2.75) is 25.6 Å². The Morgan fingerprint density at radius 3 is 2.90 bits per heavy atom. The smallest absolute Gasteiger partial charge is 0.222 e. The number of hydrogen-bond acceptors (Lipinski definition) is 6. The van der Waals surface area contributed by atoms with Crippen LogP contribution in [0.15, 0.2) is 30.6 Å². The summed E-state index contributed by atoms with van der Waals surface area (Å²) < 4.78 is 16.8. The fourth-order valence-corrected chi connectivity index (χ4v) is 3.70. The average Bonchev–Trinajstić information content (AvgIpc) is 3.35. The summed E-state index contributed by atoms with van der Waals surface area (Å²) in [6.07, 6.45) is 4.35. The molecule has 0 radical (unpaired) electrons. The quantitative estimate of drug-likeness (QED) is 0.665. The van der Waals surface area contributed by atoms with Crippen LogP contribution >= 0.6 is 0 Å². The number of methoxy groups -OCH3 is 2. The molecule has 8 heteroatoms. The molecule has 0 saturated carbocycles.